The Kier molecular flexibility index (Phi) is 4.15. The van der Waals surface area contributed by atoms with Gasteiger partial charge in [0.25, 0.3) is 0 Å². The van der Waals surface area contributed by atoms with Crippen LogP contribution >= 0.6 is 11.6 Å². The molecular formula is C16H16ClN3O2. The molecule has 1 N–H and O–H groups in total. The number of pyridine rings is 1. The zero-order valence-electron chi connectivity index (χ0n) is 11.9. The molecule has 0 saturated carbocycles. The summed E-state index contributed by atoms with van der Waals surface area (Å²) in [5.41, 5.74) is 0.969. The molecular weight excluding hydrogens is 302 g/mol. The lowest BCUT2D eigenvalue weighted by Gasteiger charge is -2.37. The molecule has 1 fully saturated rings. The summed E-state index contributed by atoms with van der Waals surface area (Å²) in [4.78, 5) is 20.0. The summed E-state index contributed by atoms with van der Waals surface area (Å²) in [7, 11) is 0. The first kappa shape index (κ1) is 14.7. The van der Waals surface area contributed by atoms with Crippen molar-refractivity contribution in [3.05, 3.63) is 53.2 Å². The molecule has 2 heterocycles. The van der Waals surface area contributed by atoms with Crippen molar-refractivity contribution in [1.82, 2.24) is 4.98 Å². The van der Waals surface area contributed by atoms with Crippen molar-refractivity contribution in [2.75, 3.05) is 36.0 Å². The molecule has 0 bridgehead atoms. The maximum atomic E-state index is 11.4. The van der Waals surface area contributed by atoms with E-state index in [4.69, 9.17) is 11.6 Å². The summed E-state index contributed by atoms with van der Waals surface area (Å²) in [5, 5.41) is 9.78. The van der Waals surface area contributed by atoms with Crippen LogP contribution in [0.4, 0.5) is 11.5 Å². The molecule has 1 aromatic carbocycles. The minimum Gasteiger partial charge on any atom is -0.478 e. The topological polar surface area (TPSA) is 56.7 Å². The van der Waals surface area contributed by atoms with Crippen LogP contribution in [0, 0.1) is 0 Å². The molecule has 0 spiro atoms. The molecule has 6 heteroatoms. The van der Waals surface area contributed by atoms with Gasteiger partial charge < -0.3 is 14.9 Å². The van der Waals surface area contributed by atoms with E-state index in [0.717, 1.165) is 37.7 Å². The Morgan fingerprint density at radius 1 is 1.09 bits per heavy atom. The van der Waals surface area contributed by atoms with Crippen molar-refractivity contribution in [3.63, 3.8) is 0 Å². The molecule has 2 aromatic rings. The monoisotopic (exact) mass is 317 g/mol. The second-order valence-electron chi connectivity index (χ2n) is 5.13. The van der Waals surface area contributed by atoms with Crippen LogP contribution in [0.15, 0.2) is 42.6 Å². The van der Waals surface area contributed by atoms with Gasteiger partial charge in [-0.15, -0.1) is 0 Å². The first-order valence-corrected chi connectivity index (χ1v) is 7.47. The number of carbonyl (C=O) groups is 1. The fraction of sp³-hybridized carbons (Fsp3) is 0.250. The molecule has 0 radical (unpaired) electrons. The SMILES string of the molecule is O=C(O)c1cc(Cl)ccc1N1CCN(c2ccccn2)CC1. The Balaban J connectivity index is 1.76. The van der Waals surface area contributed by atoms with Gasteiger partial charge in [0, 0.05) is 37.4 Å². The largest absolute Gasteiger partial charge is 0.478 e. The average molecular weight is 318 g/mol. The lowest BCUT2D eigenvalue weighted by molar-refractivity contribution is 0.0697. The molecule has 1 aromatic heterocycles. The molecule has 1 aliphatic rings. The lowest BCUT2D eigenvalue weighted by atomic mass is 10.1. The fourth-order valence-corrected chi connectivity index (χ4v) is 2.84. The van der Waals surface area contributed by atoms with E-state index in [0.29, 0.717) is 5.02 Å². The minimum atomic E-state index is -0.954. The Bertz CT molecular complexity index is 670. The third kappa shape index (κ3) is 2.99. The zero-order valence-corrected chi connectivity index (χ0v) is 12.7. The molecule has 0 atom stereocenters. The number of halogens is 1. The van der Waals surface area contributed by atoms with Gasteiger partial charge in [0.15, 0.2) is 0 Å². The Morgan fingerprint density at radius 2 is 1.82 bits per heavy atom. The molecule has 5 nitrogen and oxygen atoms in total. The number of nitrogens with zero attached hydrogens (tertiary/aromatic N) is 3. The number of hydrogen-bond acceptors (Lipinski definition) is 4. The number of aromatic nitrogens is 1. The van der Waals surface area contributed by atoms with E-state index in [1.807, 2.05) is 18.2 Å². The predicted octanol–water partition coefficient (Wildman–Crippen LogP) is 2.76. The normalized spacial score (nSPS) is 15.0. The number of benzene rings is 1. The third-order valence-electron chi connectivity index (χ3n) is 3.78. The molecule has 114 valence electrons. The van der Waals surface area contributed by atoms with Gasteiger partial charge in [0.05, 0.1) is 11.3 Å². The molecule has 0 aliphatic carbocycles. The van der Waals surface area contributed by atoms with Crippen LogP contribution in [0.3, 0.4) is 0 Å². The first-order chi connectivity index (χ1) is 10.6. The zero-order chi connectivity index (χ0) is 15.5. The van der Waals surface area contributed by atoms with Crippen molar-refractivity contribution in [1.29, 1.82) is 0 Å². The van der Waals surface area contributed by atoms with Crippen molar-refractivity contribution in [2.45, 2.75) is 0 Å². The van der Waals surface area contributed by atoms with E-state index >= 15 is 0 Å². The molecule has 3 rings (SSSR count). The second-order valence-corrected chi connectivity index (χ2v) is 5.57. The van der Waals surface area contributed by atoms with Gasteiger partial charge in [-0.2, -0.15) is 0 Å². The summed E-state index contributed by atoms with van der Waals surface area (Å²) >= 11 is 5.90. The lowest BCUT2D eigenvalue weighted by Crippen LogP contribution is -2.47. The smallest absolute Gasteiger partial charge is 0.337 e. The Labute approximate surface area is 133 Å². The summed E-state index contributed by atoms with van der Waals surface area (Å²) in [6, 6.07) is 10.9. The van der Waals surface area contributed by atoms with Crippen LogP contribution in [-0.4, -0.2) is 42.2 Å². The summed E-state index contributed by atoms with van der Waals surface area (Å²) in [6.07, 6.45) is 1.78. The number of hydrogen-bond donors (Lipinski definition) is 1. The van der Waals surface area contributed by atoms with Crippen molar-refractivity contribution in [2.24, 2.45) is 0 Å². The van der Waals surface area contributed by atoms with Gasteiger partial charge in [-0.1, -0.05) is 17.7 Å². The highest BCUT2D eigenvalue weighted by molar-refractivity contribution is 6.31. The standard InChI is InChI=1S/C16H16ClN3O2/c17-12-4-5-14(13(11-12)16(21)22)19-7-9-20(10-8-19)15-3-1-2-6-18-15/h1-6,11H,7-10H2,(H,21,22). The maximum absolute atomic E-state index is 11.4. The summed E-state index contributed by atoms with van der Waals surface area (Å²) in [5.74, 6) is 0.00127. The highest BCUT2D eigenvalue weighted by atomic mass is 35.5. The van der Waals surface area contributed by atoms with E-state index in [-0.39, 0.29) is 5.56 Å². The number of piperazine rings is 1. The van der Waals surface area contributed by atoms with Crippen LogP contribution in [0.5, 0.6) is 0 Å². The van der Waals surface area contributed by atoms with Crippen molar-refractivity contribution < 1.29 is 9.90 Å². The molecule has 22 heavy (non-hydrogen) atoms. The van der Waals surface area contributed by atoms with E-state index < -0.39 is 5.97 Å². The van der Waals surface area contributed by atoms with Gasteiger partial charge in [0.1, 0.15) is 5.82 Å². The third-order valence-corrected chi connectivity index (χ3v) is 4.02. The van der Waals surface area contributed by atoms with E-state index in [1.165, 1.54) is 6.07 Å². The van der Waals surface area contributed by atoms with Crippen LogP contribution < -0.4 is 9.80 Å². The van der Waals surface area contributed by atoms with Gasteiger partial charge in [-0.3, -0.25) is 0 Å². The number of rotatable bonds is 3. The molecule has 0 unspecified atom stereocenters. The van der Waals surface area contributed by atoms with Crippen molar-refractivity contribution in [3.8, 4) is 0 Å². The van der Waals surface area contributed by atoms with Crippen LogP contribution in [-0.2, 0) is 0 Å². The Hall–Kier alpha value is -2.27. The highest BCUT2D eigenvalue weighted by Gasteiger charge is 2.22. The quantitative estimate of drug-likeness (QED) is 0.943. The first-order valence-electron chi connectivity index (χ1n) is 7.09. The predicted molar refractivity (Wildman–Crippen MR) is 87.1 cm³/mol. The molecule has 1 saturated heterocycles. The van der Waals surface area contributed by atoms with Crippen LogP contribution in [0.25, 0.3) is 0 Å². The number of carboxylic acids is 1. The maximum Gasteiger partial charge on any atom is 0.337 e. The van der Waals surface area contributed by atoms with E-state index in [1.54, 1.807) is 18.3 Å². The van der Waals surface area contributed by atoms with Gasteiger partial charge in [0.2, 0.25) is 0 Å². The van der Waals surface area contributed by atoms with Gasteiger partial charge in [-0.05, 0) is 30.3 Å². The second kappa shape index (κ2) is 6.23. The molecule has 0 amide bonds. The van der Waals surface area contributed by atoms with Crippen LogP contribution in [0.2, 0.25) is 5.02 Å². The Morgan fingerprint density at radius 3 is 2.45 bits per heavy atom. The average Bonchev–Trinajstić information content (AvgIpc) is 2.56. The minimum absolute atomic E-state index is 0.249. The molecule has 1 aliphatic heterocycles. The number of anilines is 2. The van der Waals surface area contributed by atoms with E-state index in [2.05, 4.69) is 14.8 Å². The van der Waals surface area contributed by atoms with Gasteiger partial charge in [-0.25, -0.2) is 9.78 Å². The number of carboxylic acid groups (broad SMARTS) is 1. The summed E-state index contributed by atoms with van der Waals surface area (Å²) in [6.45, 7) is 3.11. The van der Waals surface area contributed by atoms with Crippen LogP contribution in [0.1, 0.15) is 10.4 Å². The summed E-state index contributed by atoms with van der Waals surface area (Å²) < 4.78 is 0. The van der Waals surface area contributed by atoms with E-state index in [9.17, 15) is 9.90 Å². The number of aromatic carboxylic acids is 1. The van der Waals surface area contributed by atoms with Gasteiger partial charge >= 0.3 is 5.97 Å². The van der Waals surface area contributed by atoms with Crippen molar-refractivity contribution >= 4 is 29.1 Å². The fourth-order valence-electron chi connectivity index (χ4n) is 2.67. The highest BCUT2D eigenvalue weighted by Crippen LogP contribution is 2.26.